The molecule has 0 aliphatic heterocycles. The van der Waals surface area contributed by atoms with Gasteiger partial charge in [0.2, 0.25) is 0 Å². The summed E-state index contributed by atoms with van der Waals surface area (Å²) in [5, 5.41) is 3.52. The third-order valence-corrected chi connectivity index (χ3v) is 3.79. The van der Waals surface area contributed by atoms with Crippen LogP contribution in [0.3, 0.4) is 0 Å². The van der Waals surface area contributed by atoms with Crippen LogP contribution in [0.15, 0.2) is 16.5 Å². The van der Waals surface area contributed by atoms with Crippen LogP contribution >= 0.6 is 0 Å². The SMILES string of the molecule is CC(CCN(C)C)NCc1ccc(C2CC2C)o1. The second-order valence-electron chi connectivity index (χ2n) is 6.00. The molecular weight excluding hydrogens is 224 g/mol. The van der Waals surface area contributed by atoms with Crippen LogP contribution in [-0.2, 0) is 6.54 Å². The largest absolute Gasteiger partial charge is 0.464 e. The fraction of sp³-hybridized carbons (Fsp3) is 0.733. The second-order valence-corrected chi connectivity index (χ2v) is 6.00. The van der Waals surface area contributed by atoms with Crippen LogP contribution in [0, 0.1) is 5.92 Å². The standard InChI is InChI=1S/C15H26N2O/c1-11-9-14(11)15-6-5-13(18-15)10-16-12(2)7-8-17(3)4/h5-6,11-12,14,16H,7-10H2,1-4H3. The number of furan rings is 1. The first-order chi connectivity index (χ1) is 8.56. The Morgan fingerprint density at radius 3 is 2.78 bits per heavy atom. The molecule has 1 fully saturated rings. The summed E-state index contributed by atoms with van der Waals surface area (Å²) in [7, 11) is 4.23. The van der Waals surface area contributed by atoms with Crippen molar-refractivity contribution in [3.63, 3.8) is 0 Å². The Kier molecular flexibility index (Phi) is 4.46. The zero-order valence-electron chi connectivity index (χ0n) is 12.1. The van der Waals surface area contributed by atoms with E-state index in [0.717, 1.165) is 24.8 Å². The first kappa shape index (κ1) is 13.6. The summed E-state index contributed by atoms with van der Waals surface area (Å²) >= 11 is 0. The van der Waals surface area contributed by atoms with E-state index < -0.39 is 0 Å². The smallest absolute Gasteiger partial charge is 0.117 e. The Balaban J connectivity index is 1.71. The summed E-state index contributed by atoms with van der Waals surface area (Å²) in [4.78, 5) is 2.22. The maximum Gasteiger partial charge on any atom is 0.117 e. The van der Waals surface area contributed by atoms with Gasteiger partial charge in [-0.15, -0.1) is 0 Å². The maximum absolute atomic E-state index is 5.88. The molecule has 102 valence electrons. The molecule has 18 heavy (non-hydrogen) atoms. The zero-order chi connectivity index (χ0) is 13.1. The van der Waals surface area contributed by atoms with Gasteiger partial charge in [-0.3, -0.25) is 0 Å². The van der Waals surface area contributed by atoms with Crippen molar-refractivity contribution in [1.82, 2.24) is 10.2 Å². The van der Waals surface area contributed by atoms with E-state index in [-0.39, 0.29) is 0 Å². The summed E-state index contributed by atoms with van der Waals surface area (Å²) in [5.41, 5.74) is 0. The van der Waals surface area contributed by atoms with Crippen LogP contribution in [-0.4, -0.2) is 31.6 Å². The van der Waals surface area contributed by atoms with Gasteiger partial charge in [-0.1, -0.05) is 6.92 Å². The first-order valence-electron chi connectivity index (χ1n) is 7.03. The highest BCUT2D eigenvalue weighted by molar-refractivity contribution is 5.17. The molecule has 1 saturated carbocycles. The Morgan fingerprint density at radius 1 is 1.44 bits per heavy atom. The summed E-state index contributed by atoms with van der Waals surface area (Å²) < 4.78 is 5.88. The molecule has 0 saturated heterocycles. The molecule has 2 rings (SSSR count). The predicted molar refractivity (Wildman–Crippen MR) is 74.7 cm³/mol. The Morgan fingerprint density at radius 2 is 2.17 bits per heavy atom. The van der Waals surface area contributed by atoms with Crippen molar-refractivity contribution in [2.45, 2.75) is 45.2 Å². The van der Waals surface area contributed by atoms with E-state index in [2.05, 4.69) is 50.3 Å². The summed E-state index contributed by atoms with van der Waals surface area (Å²) in [6, 6.07) is 4.79. The molecule has 0 radical (unpaired) electrons. The molecule has 1 aromatic heterocycles. The topological polar surface area (TPSA) is 28.4 Å². The van der Waals surface area contributed by atoms with Gasteiger partial charge in [0.1, 0.15) is 11.5 Å². The van der Waals surface area contributed by atoms with Crippen LogP contribution in [0.5, 0.6) is 0 Å². The highest BCUT2D eigenvalue weighted by Gasteiger charge is 2.36. The highest BCUT2D eigenvalue weighted by atomic mass is 16.3. The van der Waals surface area contributed by atoms with Gasteiger partial charge in [-0.2, -0.15) is 0 Å². The molecule has 1 N–H and O–H groups in total. The zero-order valence-corrected chi connectivity index (χ0v) is 12.1. The van der Waals surface area contributed by atoms with E-state index in [1.54, 1.807) is 0 Å². The number of hydrogen-bond donors (Lipinski definition) is 1. The van der Waals surface area contributed by atoms with E-state index in [4.69, 9.17) is 4.42 Å². The van der Waals surface area contributed by atoms with Crippen molar-refractivity contribution in [1.29, 1.82) is 0 Å². The Bertz CT molecular complexity index is 372. The third kappa shape index (κ3) is 3.85. The van der Waals surface area contributed by atoms with E-state index in [1.807, 2.05) is 0 Å². The van der Waals surface area contributed by atoms with Crippen molar-refractivity contribution in [2.75, 3.05) is 20.6 Å². The quantitative estimate of drug-likeness (QED) is 0.806. The van der Waals surface area contributed by atoms with Gasteiger partial charge < -0.3 is 14.6 Å². The summed E-state index contributed by atoms with van der Waals surface area (Å²) in [6.45, 7) is 6.48. The molecule has 1 aliphatic rings. The third-order valence-electron chi connectivity index (χ3n) is 3.79. The van der Waals surface area contributed by atoms with E-state index in [1.165, 1.54) is 18.6 Å². The number of hydrogen-bond acceptors (Lipinski definition) is 3. The number of rotatable bonds is 7. The molecular formula is C15H26N2O. The minimum Gasteiger partial charge on any atom is -0.464 e. The molecule has 1 heterocycles. The van der Waals surface area contributed by atoms with Crippen molar-refractivity contribution in [3.8, 4) is 0 Å². The van der Waals surface area contributed by atoms with E-state index in [0.29, 0.717) is 12.0 Å². The lowest BCUT2D eigenvalue weighted by atomic mass is 10.2. The molecule has 0 aromatic carbocycles. The van der Waals surface area contributed by atoms with Crippen molar-refractivity contribution < 1.29 is 4.42 Å². The molecule has 3 nitrogen and oxygen atoms in total. The van der Waals surface area contributed by atoms with E-state index >= 15 is 0 Å². The molecule has 0 amide bonds. The lowest BCUT2D eigenvalue weighted by Gasteiger charge is -2.15. The predicted octanol–water partition coefficient (Wildman–Crippen LogP) is 2.83. The lowest BCUT2D eigenvalue weighted by Crippen LogP contribution is -2.29. The van der Waals surface area contributed by atoms with Crippen molar-refractivity contribution >= 4 is 0 Å². The Hall–Kier alpha value is -0.800. The van der Waals surface area contributed by atoms with Crippen LogP contribution in [0.4, 0.5) is 0 Å². The molecule has 3 heteroatoms. The van der Waals surface area contributed by atoms with Gasteiger partial charge in [0, 0.05) is 12.0 Å². The number of nitrogens with one attached hydrogen (secondary N) is 1. The summed E-state index contributed by atoms with van der Waals surface area (Å²) in [5.74, 6) is 3.75. The van der Waals surface area contributed by atoms with Crippen LogP contribution in [0.1, 0.15) is 44.1 Å². The van der Waals surface area contributed by atoms with E-state index in [9.17, 15) is 0 Å². The van der Waals surface area contributed by atoms with Gasteiger partial charge in [0.05, 0.1) is 6.54 Å². The maximum atomic E-state index is 5.88. The molecule has 0 spiro atoms. The lowest BCUT2D eigenvalue weighted by molar-refractivity contribution is 0.356. The number of nitrogens with zero attached hydrogens (tertiary/aromatic N) is 1. The van der Waals surface area contributed by atoms with Gasteiger partial charge in [0.25, 0.3) is 0 Å². The summed E-state index contributed by atoms with van der Waals surface area (Å²) in [6.07, 6.45) is 2.46. The van der Waals surface area contributed by atoms with Gasteiger partial charge in [-0.25, -0.2) is 0 Å². The average Bonchev–Trinajstić information content (AvgIpc) is 2.88. The van der Waals surface area contributed by atoms with Crippen molar-refractivity contribution in [3.05, 3.63) is 23.7 Å². The normalized spacial score (nSPS) is 24.5. The van der Waals surface area contributed by atoms with Crippen LogP contribution in [0.2, 0.25) is 0 Å². The average molecular weight is 250 g/mol. The fourth-order valence-corrected chi connectivity index (χ4v) is 2.24. The Labute approximate surface area is 111 Å². The van der Waals surface area contributed by atoms with Gasteiger partial charge in [0.15, 0.2) is 0 Å². The molecule has 0 bridgehead atoms. The molecule has 3 unspecified atom stereocenters. The minimum atomic E-state index is 0.529. The first-order valence-corrected chi connectivity index (χ1v) is 7.03. The monoisotopic (exact) mass is 250 g/mol. The highest BCUT2D eigenvalue weighted by Crippen LogP contribution is 2.47. The molecule has 3 atom stereocenters. The molecule has 1 aliphatic carbocycles. The van der Waals surface area contributed by atoms with Crippen LogP contribution < -0.4 is 5.32 Å². The second kappa shape index (κ2) is 5.89. The minimum absolute atomic E-state index is 0.529. The molecule has 1 aromatic rings. The van der Waals surface area contributed by atoms with Gasteiger partial charge >= 0.3 is 0 Å². The van der Waals surface area contributed by atoms with Crippen LogP contribution in [0.25, 0.3) is 0 Å². The van der Waals surface area contributed by atoms with Gasteiger partial charge in [-0.05, 0) is 58.5 Å². The fourth-order valence-electron chi connectivity index (χ4n) is 2.24. The van der Waals surface area contributed by atoms with Crippen molar-refractivity contribution in [2.24, 2.45) is 5.92 Å².